The molecule has 0 amide bonds. The zero-order chi connectivity index (χ0) is 14.7. The Bertz CT molecular complexity index is 451. The number of benzene rings is 1. The van der Waals surface area contributed by atoms with Gasteiger partial charge in [0.15, 0.2) is 0 Å². The minimum Gasteiger partial charge on any atom is -0.389 e. The van der Waals surface area contributed by atoms with Crippen LogP contribution in [0.1, 0.15) is 56.8 Å². The van der Waals surface area contributed by atoms with Gasteiger partial charge in [0.25, 0.3) is 0 Å². The van der Waals surface area contributed by atoms with Gasteiger partial charge in [-0.1, -0.05) is 19.8 Å². The number of piperidine rings is 1. The first-order valence-electron chi connectivity index (χ1n) is 7.76. The third kappa shape index (κ3) is 3.32. The highest BCUT2D eigenvalue weighted by Gasteiger charge is 2.22. The van der Waals surface area contributed by atoms with Gasteiger partial charge in [0.2, 0.25) is 0 Å². The molecule has 3 heteroatoms. The van der Waals surface area contributed by atoms with Gasteiger partial charge in [0.05, 0.1) is 6.10 Å². The van der Waals surface area contributed by atoms with Gasteiger partial charge in [-0.15, -0.1) is 0 Å². The van der Waals surface area contributed by atoms with Crippen molar-refractivity contribution in [2.45, 2.75) is 52.6 Å². The van der Waals surface area contributed by atoms with Gasteiger partial charge < -0.3 is 10.0 Å². The molecule has 1 aromatic carbocycles. The molecule has 0 aliphatic carbocycles. The number of halogens is 1. The molecule has 1 heterocycles. The standard InChI is InChI=1S/C17H26FNO/c1-4-5-14-6-8-19(9-7-14)17-10-12(2)16(18)11-15(17)13(3)20/h10-11,13-14,20H,4-9H2,1-3H3/t13-/m1/s1. The van der Waals surface area contributed by atoms with Crippen LogP contribution in [0.4, 0.5) is 10.1 Å². The summed E-state index contributed by atoms with van der Waals surface area (Å²) < 4.78 is 13.7. The van der Waals surface area contributed by atoms with E-state index in [9.17, 15) is 9.50 Å². The maximum atomic E-state index is 13.7. The smallest absolute Gasteiger partial charge is 0.126 e. The Labute approximate surface area is 121 Å². The van der Waals surface area contributed by atoms with E-state index in [4.69, 9.17) is 0 Å². The number of anilines is 1. The summed E-state index contributed by atoms with van der Waals surface area (Å²) in [7, 11) is 0. The van der Waals surface area contributed by atoms with E-state index in [1.54, 1.807) is 13.8 Å². The topological polar surface area (TPSA) is 23.5 Å². The molecule has 0 bridgehead atoms. The molecule has 1 atom stereocenters. The van der Waals surface area contributed by atoms with E-state index < -0.39 is 6.10 Å². The lowest BCUT2D eigenvalue weighted by Gasteiger charge is -2.35. The molecule has 1 saturated heterocycles. The summed E-state index contributed by atoms with van der Waals surface area (Å²) in [6.07, 6.45) is 4.32. The predicted octanol–water partition coefficient (Wildman–Crippen LogP) is 4.20. The van der Waals surface area contributed by atoms with Gasteiger partial charge in [0, 0.05) is 24.3 Å². The molecule has 1 fully saturated rings. The van der Waals surface area contributed by atoms with E-state index in [0.717, 1.165) is 24.7 Å². The van der Waals surface area contributed by atoms with Crippen LogP contribution in [-0.2, 0) is 0 Å². The molecule has 0 unspecified atom stereocenters. The van der Waals surface area contributed by atoms with Gasteiger partial charge in [-0.2, -0.15) is 0 Å². The zero-order valence-electron chi connectivity index (χ0n) is 12.8. The van der Waals surface area contributed by atoms with Gasteiger partial charge >= 0.3 is 0 Å². The Morgan fingerprint density at radius 1 is 1.35 bits per heavy atom. The molecule has 1 N–H and O–H groups in total. The largest absolute Gasteiger partial charge is 0.389 e. The SMILES string of the molecule is CCCC1CCN(c2cc(C)c(F)cc2[C@@H](C)O)CC1. The van der Waals surface area contributed by atoms with Gasteiger partial charge in [-0.05, 0) is 50.3 Å². The van der Waals surface area contributed by atoms with Crippen LogP contribution in [0.3, 0.4) is 0 Å². The number of hydrogen-bond donors (Lipinski definition) is 1. The molecule has 2 nitrogen and oxygen atoms in total. The molecule has 0 saturated carbocycles. The fourth-order valence-corrected chi connectivity index (χ4v) is 3.16. The third-order valence-electron chi connectivity index (χ3n) is 4.41. The van der Waals surface area contributed by atoms with Gasteiger partial charge in [-0.3, -0.25) is 0 Å². The van der Waals surface area contributed by atoms with Crippen molar-refractivity contribution in [2.24, 2.45) is 5.92 Å². The van der Waals surface area contributed by atoms with E-state index >= 15 is 0 Å². The van der Waals surface area contributed by atoms with Crippen molar-refractivity contribution < 1.29 is 9.50 Å². The molecule has 1 aromatic rings. The minimum atomic E-state index is -0.631. The van der Waals surface area contributed by atoms with Gasteiger partial charge in [-0.25, -0.2) is 4.39 Å². The maximum absolute atomic E-state index is 13.7. The van der Waals surface area contributed by atoms with Crippen molar-refractivity contribution in [1.29, 1.82) is 0 Å². The molecule has 2 rings (SSSR count). The quantitative estimate of drug-likeness (QED) is 0.892. The lowest BCUT2D eigenvalue weighted by atomic mass is 9.91. The summed E-state index contributed by atoms with van der Waals surface area (Å²) >= 11 is 0. The molecule has 0 radical (unpaired) electrons. The monoisotopic (exact) mass is 279 g/mol. The number of aliphatic hydroxyl groups excluding tert-OH is 1. The second kappa shape index (κ2) is 6.57. The van der Waals surface area contributed by atoms with Crippen molar-refractivity contribution in [3.05, 3.63) is 29.1 Å². The Morgan fingerprint density at radius 3 is 2.55 bits per heavy atom. The summed E-state index contributed by atoms with van der Waals surface area (Å²) in [4.78, 5) is 2.31. The molecule has 20 heavy (non-hydrogen) atoms. The molecule has 112 valence electrons. The highest BCUT2D eigenvalue weighted by Crippen LogP contribution is 2.33. The van der Waals surface area contributed by atoms with Crippen molar-refractivity contribution in [3.63, 3.8) is 0 Å². The lowest BCUT2D eigenvalue weighted by molar-refractivity contribution is 0.199. The van der Waals surface area contributed by atoms with Crippen LogP contribution in [0.25, 0.3) is 0 Å². The zero-order valence-corrected chi connectivity index (χ0v) is 12.8. The average Bonchev–Trinajstić information content (AvgIpc) is 2.42. The Kier molecular flexibility index (Phi) is 5.03. The van der Waals surface area contributed by atoms with Crippen LogP contribution in [0.5, 0.6) is 0 Å². The van der Waals surface area contributed by atoms with Crippen LogP contribution < -0.4 is 4.90 Å². The second-order valence-corrected chi connectivity index (χ2v) is 6.06. The fourth-order valence-electron chi connectivity index (χ4n) is 3.16. The van der Waals surface area contributed by atoms with Crippen LogP contribution in [0, 0.1) is 18.7 Å². The van der Waals surface area contributed by atoms with Crippen molar-refractivity contribution in [2.75, 3.05) is 18.0 Å². The van der Waals surface area contributed by atoms with Crippen LogP contribution >= 0.6 is 0 Å². The van der Waals surface area contributed by atoms with E-state index in [0.29, 0.717) is 11.1 Å². The van der Waals surface area contributed by atoms with E-state index in [1.807, 2.05) is 6.07 Å². The summed E-state index contributed by atoms with van der Waals surface area (Å²) in [5.74, 6) is 0.596. The normalized spacial score (nSPS) is 18.4. The summed E-state index contributed by atoms with van der Waals surface area (Å²) in [6.45, 7) is 7.75. The van der Waals surface area contributed by atoms with E-state index in [2.05, 4.69) is 11.8 Å². The number of rotatable bonds is 4. The highest BCUT2D eigenvalue weighted by molar-refractivity contribution is 5.57. The lowest BCUT2D eigenvalue weighted by Crippen LogP contribution is -2.34. The van der Waals surface area contributed by atoms with E-state index in [-0.39, 0.29) is 5.82 Å². The number of hydrogen-bond acceptors (Lipinski definition) is 2. The molecule has 0 aromatic heterocycles. The summed E-state index contributed by atoms with van der Waals surface area (Å²) in [5, 5.41) is 9.89. The number of aryl methyl sites for hydroxylation is 1. The number of aliphatic hydroxyl groups is 1. The number of nitrogens with zero attached hydrogens (tertiary/aromatic N) is 1. The summed E-state index contributed by atoms with van der Waals surface area (Å²) in [6, 6.07) is 3.38. The van der Waals surface area contributed by atoms with Crippen LogP contribution in [0.15, 0.2) is 12.1 Å². The molecular formula is C17H26FNO. The minimum absolute atomic E-state index is 0.231. The molecular weight excluding hydrogens is 253 g/mol. The van der Waals surface area contributed by atoms with Crippen molar-refractivity contribution in [1.82, 2.24) is 0 Å². The highest BCUT2D eigenvalue weighted by atomic mass is 19.1. The Balaban J connectivity index is 2.18. The third-order valence-corrected chi connectivity index (χ3v) is 4.41. The van der Waals surface area contributed by atoms with Gasteiger partial charge in [0.1, 0.15) is 5.82 Å². The first kappa shape index (κ1) is 15.3. The Morgan fingerprint density at radius 2 is 2.00 bits per heavy atom. The van der Waals surface area contributed by atoms with Crippen molar-refractivity contribution >= 4 is 5.69 Å². The first-order valence-corrected chi connectivity index (χ1v) is 7.76. The molecule has 0 spiro atoms. The van der Waals surface area contributed by atoms with Crippen LogP contribution in [0.2, 0.25) is 0 Å². The van der Waals surface area contributed by atoms with Crippen LogP contribution in [-0.4, -0.2) is 18.2 Å². The molecule has 1 aliphatic rings. The average molecular weight is 279 g/mol. The Hall–Kier alpha value is -1.09. The fraction of sp³-hybridized carbons (Fsp3) is 0.647. The molecule has 1 aliphatic heterocycles. The van der Waals surface area contributed by atoms with Crippen molar-refractivity contribution in [3.8, 4) is 0 Å². The second-order valence-electron chi connectivity index (χ2n) is 6.06. The maximum Gasteiger partial charge on any atom is 0.126 e. The predicted molar refractivity (Wildman–Crippen MR) is 81.6 cm³/mol. The first-order chi connectivity index (χ1) is 9.52. The van der Waals surface area contributed by atoms with E-state index in [1.165, 1.54) is 31.7 Å². The summed E-state index contributed by atoms with van der Waals surface area (Å²) in [5.41, 5.74) is 2.37.